The Morgan fingerprint density at radius 1 is 0.771 bits per heavy atom. The topological polar surface area (TPSA) is 40.5 Å². The molecule has 0 fully saturated rings. The van der Waals surface area contributed by atoms with Gasteiger partial charge in [0.2, 0.25) is 0 Å². The fourth-order valence-corrected chi connectivity index (χ4v) is 4.43. The second kappa shape index (κ2) is 11.1. The Labute approximate surface area is 204 Å². The van der Waals surface area contributed by atoms with Crippen LogP contribution in [0.2, 0.25) is 0 Å². The summed E-state index contributed by atoms with van der Waals surface area (Å²) in [5.74, 6) is -2.73. The summed E-state index contributed by atoms with van der Waals surface area (Å²) >= 11 is 0. The van der Waals surface area contributed by atoms with Crippen molar-refractivity contribution < 1.29 is 18.7 Å². The van der Waals surface area contributed by atoms with E-state index >= 15 is 0 Å². The lowest BCUT2D eigenvalue weighted by Gasteiger charge is -2.37. The summed E-state index contributed by atoms with van der Waals surface area (Å²) in [6, 6.07) is 30.6. The minimum atomic E-state index is -0.918. The third kappa shape index (κ3) is 6.00. The van der Waals surface area contributed by atoms with Crippen LogP contribution in [0, 0.1) is 11.6 Å². The molecule has 4 aromatic rings. The maximum absolute atomic E-state index is 13.9. The number of carboxylic acids is 1. The molecule has 178 valence electrons. The van der Waals surface area contributed by atoms with Crippen molar-refractivity contribution in [2.75, 3.05) is 0 Å². The largest absolute Gasteiger partial charge is 0.481 e. The summed E-state index contributed by atoms with van der Waals surface area (Å²) in [6.07, 6.45) is -0.106. The van der Waals surface area contributed by atoms with Gasteiger partial charge in [-0.15, -0.1) is 0 Å². The number of halogens is 2. The lowest BCUT2D eigenvalue weighted by molar-refractivity contribution is -0.138. The van der Waals surface area contributed by atoms with E-state index in [4.69, 9.17) is 0 Å². The van der Waals surface area contributed by atoms with Crippen LogP contribution in [0.5, 0.6) is 0 Å². The number of hydrogen-bond acceptors (Lipinski definition) is 2. The first-order valence-electron chi connectivity index (χ1n) is 11.5. The first-order chi connectivity index (χ1) is 16.9. The Morgan fingerprint density at radius 3 is 2.06 bits per heavy atom. The number of carbonyl (C=O) groups is 1. The van der Waals surface area contributed by atoms with E-state index in [1.807, 2.05) is 84.9 Å². The smallest absolute Gasteiger partial charge is 0.305 e. The van der Waals surface area contributed by atoms with E-state index in [0.29, 0.717) is 17.7 Å². The second-order valence-electron chi connectivity index (χ2n) is 8.61. The average molecular weight is 472 g/mol. The SMILES string of the molecule is C[C@H](c1ccccc1)N(Cc1ccccc1)C(CC(=O)O)c1cccc(-c2ccc(F)c(F)c2)c1. The van der Waals surface area contributed by atoms with Crippen LogP contribution in [0.15, 0.2) is 103 Å². The van der Waals surface area contributed by atoms with E-state index in [0.717, 1.165) is 28.8 Å². The molecule has 4 aromatic carbocycles. The van der Waals surface area contributed by atoms with Gasteiger partial charge in [0.1, 0.15) is 0 Å². The van der Waals surface area contributed by atoms with Gasteiger partial charge in [0, 0.05) is 18.6 Å². The van der Waals surface area contributed by atoms with Gasteiger partial charge in [-0.05, 0) is 52.9 Å². The van der Waals surface area contributed by atoms with Crippen LogP contribution in [-0.4, -0.2) is 16.0 Å². The molecule has 35 heavy (non-hydrogen) atoms. The normalized spacial score (nSPS) is 12.9. The quantitative estimate of drug-likeness (QED) is 0.276. The van der Waals surface area contributed by atoms with Crippen molar-refractivity contribution in [1.82, 2.24) is 4.90 Å². The summed E-state index contributed by atoms with van der Waals surface area (Å²) in [6.45, 7) is 2.62. The number of aliphatic carboxylic acids is 1. The number of rotatable bonds is 9. The molecule has 0 aromatic heterocycles. The summed E-state index contributed by atoms with van der Waals surface area (Å²) < 4.78 is 27.4. The van der Waals surface area contributed by atoms with Crippen molar-refractivity contribution in [2.24, 2.45) is 0 Å². The molecule has 0 heterocycles. The monoisotopic (exact) mass is 471 g/mol. The van der Waals surface area contributed by atoms with Crippen LogP contribution in [0.3, 0.4) is 0 Å². The fraction of sp³-hybridized carbons (Fsp3) is 0.167. The molecule has 2 atom stereocenters. The van der Waals surface area contributed by atoms with Crippen molar-refractivity contribution in [2.45, 2.75) is 32.0 Å². The lowest BCUT2D eigenvalue weighted by atomic mass is 9.94. The first-order valence-corrected chi connectivity index (χ1v) is 11.5. The van der Waals surface area contributed by atoms with Crippen LogP contribution in [-0.2, 0) is 11.3 Å². The lowest BCUT2D eigenvalue weighted by Crippen LogP contribution is -2.32. The molecule has 4 rings (SSSR count). The van der Waals surface area contributed by atoms with Crippen LogP contribution >= 0.6 is 0 Å². The van der Waals surface area contributed by atoms with Gasteiger partial charge in [0.05, 0.1) is 6.42 Å². The molecule has 0 saturated heterocycles. The third-order valence-corrected chi connectivity index (χ3v) is 6.28. The Morgan fingerprint density at radius 2 is 1.40 bits per heavy atom. The number of carboxylic acid groups (broad SMARTS) is 1. The molecular weight excluding hydrogens is 444 g/mol. The highest BCUT2D eigenvalue weighted by molar-refractivity contribution is 5.69. The van der Waals surface area contributed by atoms with Gasteiger partial charge in [-0.25, -0.2) is 8.78 Å². The van der Waals surface area contributed by atoms with Gasteiger partial charge in [-0.2, -0.15) is 0 Å². The third-order valence-electron chi connectivity index (χ3n) is 6.28. The zero-order valence-electron chi connectivity index (χ0n) is 19.4. The molecule has 0 amide bonds. The Bertz CT molecular complexity index is 1280. The number of nitrogens with zero attached hydrogens (tertiary/aromatic N) is 1. The Balaban J connectivity index is 1.78. The fourth-order valence-electron chi connectivity index (χ4n) is 4.43. The van der Waals surface area contributed by atoms with E-state index < -0.39 is 23.6 Å². The first kappa shape index (κ1) is 24.3. The maximum atomic E-state index is 13.9. The predicted molar refractivity (Wildman–Crippen MR) is 134 cm³/mol. The second-order valence-corrected chi connectivity index (χ2v) is 8.61. The molecule has 0 aliphatic heterocycles. The summed E-state index contributed by atoms with van der Waals surface area (Å²) in [5, 5.41) is 9.85. The van der Waals surface area contributed by atoms with Gasteiger partial charge in [-0.3, -0.25) is 9.69 Å². The minimum Gasteiger partial charge on any atom is -0.481 e. The molecule has 0 spiro atoms. The van der Waals surface area contributed by atoms with E-state index in [2.05, 4.69) is 11.8 Å². The highest BCUT2D eigenvalue weighted by atomic mass is 19.2. The molecule has 1 unspecified atom stereocenters. The Hall–Kier alpha value is -3.83. The molecule has 1 N–H and O–H groups in total. The van der Waals surface area contributed by atoms with Gasteiger partial charge >= 0.3 is 5.97 Å². The Kier molecular flexibility index (Phi) is 7.68. The zero-order chi connectivity index (χ0) is 24.8. The molecular formula is C30H27F2NO2. The van der Waals surface area contributed by atoms with Crippen LogP contribution in [0.25, 0.3) is 11.1 Å². The average Bonchev–Trinajstić information content (AvgIpc) is 2.88. The molecule has 0 aliphatic rings. The highest BCUT2D eigenvalue weighted by Gasteiger charge is 2.28. The van der Waals surface area contributed by atoms with Crippen molar-refractivity contribution in [3.8, 4) is 11.1 Å². The van der Waals surface area contributed by atoms with E-state index in [1.54, 1.807) is 0 Å². The zero-order valence-corrected chi connectivity index (χ0v) is 19.4. The molecule has 3 nitrogen and oxygen atoms in total. The van der Waals surface area contributed by atoms with Crippen LogP contribution in [0.4, 0.5) is 8.78 Å². The van der Waals surface area contributed by atoms with E-state index in [9.17, 15) is 18.7 Å². The van der Waals surface area contributed by atoms with Gasteiger partial charge in [0.25, 0.3) is 0 Å². The summed E-state index contributed by atoms with van der Waals surface area (Å²) in [4.78, 5) is 14.2. The molecule has 0 saturated carbocycles. The van der Waals surface area contributed by atoms with Gasteiger partial charge < -0.3 is 5.11 Å². The van der Waals surface area contributed by atoms with Crippen LogP contribution in [0.1, 0.15) is 42.1 Å². The molecule has 0 aliphatic carbocycles. The summed E-state index contributed by atoms with van der Waals surface area (Å²) in [5.41, 5.74) is 4.18. The highest BCUT2D eigenvalue weighted by Crippen LogP contribution is 2.36. The van der Waals surface area contributed by atoms with Crippen molar-refractivity contribution >= 4 is 5.97 Å². The maximum Gasteiger partial charge on any atom is 0.305 e. The van der Waals surface area contributed by atoms with Crippen LogP contribution < -0.4 is 0 Å². The van der Waals surface area contributed by atoms with E-state index in [-0.39, 0.29) is 12.5 Å². The molecule has 0 bridgehead atoms. The molecule has 0 radical (unpaired) electrons. The number of hydrogen-bond donors (Lipinski definition) is 1. The minimum absolute atomic E-state index is 0.0762. The molecule has 5 heteroatoms. The standard InChI is InChI=1S/C30H27F2NO2/c1-21(23-11-6-3-7-12-23)33(20-22-9-4-2-5-10-22)29(19-30(34)35)26-14-8-13-24(17-26)25-15-16-27(31)28(32)18-25/h2-18,21,29H,19-20H2,1H3,(H,34,35)/t21-,29?/m1/s1. The van der Waals surface area contributed by atoms with E-state index in [1.165, 1.54) is 6.07 Å². The predicted octanol–water partition coefficient (Wildman–Crippen LogP) is 7.41. The number of benzene rings is 4. The van der Waals surface area contributed by atoms with Gasteiger partial charge in [-0.1, -0.05) is 84.9 Å². The summed E-state index contributed by atoms with van der Waals surface area (Å²) in [7, 11) is 0. The van der Waals surface area contributed by atoms with Crippen molar-refractivity contribution in [3.05, 3.63) is 131 Å². The van der Waals surface area contributed by atoms with Crippen molar-refractivity contribution in [1.29, 1.82) is 0 Å². The van der Waals surface area contributed by atoms with Gasteiger partial charge in [0.15, 0.2) is 11.6 Å². The van der Waals surface area contributed by atoms with Crippen molar-refractivity contribution in [3.63, 3.8) is 0 Å².